The lowest BCUT2D eigenvalue weighted by Crippen LogP contribution is -2.05. The molecule has 23 heavy (non-hydrogen) atoms. The maximum Gasteiger partial charge on any atom is 0.221 e. The predicted molar refractivity (Wildman–Crippen MR) is 99.3 cm³/mol. The Hall–Kier alpha value is -2.18. The number of carbonyl (C=O) groups is 1. The van der Waals surface area contributed by atoms with Crippen LogP contribution < -0.4 is 10.6 Å². The fourth-order valence-corrected chi connectivity index (χ4v) is 3.21. The van der Waals surface area contributed by atoms with E-state index >= 15 is 0 Å². The number of rotatable bonds is 4. The van der Waals surface area contributed by atoms with Gasteiger partial charge in [0.25, 0.3) is 0 Å². The summed E-state index contributed by atoms with van der Waals surface area (Å²) in [5, 5.41) is 8.86. The Balaban J connectivity index is 1.73. The zero-order valence-corrected chi connectivity index (χ0v) is 14.7. The van der Waals surface area contributed by atoms with Crippen LogP contribution >= 0.6 is 27.3 Å². The minimum atomic E-state index is -0.0794. The number of anilines is 3. The van der Waals surface area contributed by atoms with Crippen molar-refractivity contribution in [3.8, 4) is 11.3 Å². The van der Waals surface area contributed by atoms with Gasteiger partial charge >= 0.3 is 0 Å². The van der Waals surface area contributed by atoms with Crippen molar-refractivity contribution in [1.29, 1.82) is 0 Å². The standard InChI is InChI=1S/C17H14BrN3OS/c1-11(22)19-14-5-7-15(8-6-14)20-17-21-16(10-23-17)12-3-2-4-13(18)9-12/h2-10H,1H3,(H,19,22)(H,20,21). The summed E-state index contributed by atoms with van der Waals surface area (Å²) in [5.74, 6) is -0.0794. The first-order valence-corrected chi connectivity index (χ1v) is 8.63. The van der Waals surface area contributed by atoms with Crippen LogP contribution in [0.25, 0.3) is 11.3 Å². The molecule has 0 spiro atoms. The fraction of sp³-hybridized carbons (Fsp3) is 0.0588. The SMILES string of the molecule is CC(=O)Nc1ccc(Nc2nc(-c3cccc(Br)c3)cs2)cc1. The number of thiazole rings is 1. The maximum absolute atomic E-state index is 11.0. The van der Waals surface area contributed by atoms with Gasteiger partial charge in [-0.05, 0) is 36.4 Å². The third kappa shape index (κ3) is 4.18. The molecule has 1 aromatic heterocycles. The molecule has 0 bridgehead atoms. The zero-order valence-electron chi connectivity index (χ0n) is 12.3. The second kappa shape index (κ2) is 6.93. The number of nitrogens with zero attached hydrogens (tertiary/aromatic N) is 1. The molecule has 0 unspecified atom stereocenters. The van der Waals surface area contributed by atoms with Gasteiger partial charge in [-0.1, -0.05) is 28.1 Å². The van der Waals surface area contributed by atoms with E-state index in [-0.39, 0.29) is 5.91 Å². The highest BCUT2D eigenvalue weighted by Crippen LogP contribution is 2.28. The molecule has 1 heterocycles. The summed E-state index contributed by atoms with van der Waals surface area (Å²) in [6, 6.07) is 15.6. The molecule has 0 aliphatic rings. The lowest BCUT2D eigenvalue weighted by Gasteiger charge is -2.05. The highest BCUT2D eigenvalue weighted by atomic mass is 79.9. The van der Waals surface area contributed by atoms with Crippen LogP contribution in [0.5, 0.6) is 0 Å². The molecule has 1 amide bonds. The molecule has 0 aliphatic heterocycles. The lowest BCUT2D eigenvalue weighted by atomic mass is 10.2. The number of nitrogens with one attached hydrogen (secondary N) is 2. The zero-order chi connectivity index (χ0) is 16.2. The van der Waals surface area contributed by atoms with E-state index in [0.29, 0.717) is 0 Å². The normalized spacial score (nSPS) is 10.3. The minimum absolute atomic E-state index is 0.0794. The van der Waals surface area contributed by atoms with Gasteiger partial charge in [-0.15, -0.1) is 11.3 Å². The molecule has 0 radical (unpaired) electrons. The summed E-state index contributed by atoms with van der Waals surface area (Å²) in [5.41, 5.74) is 3.71. The Morgan fingerprint density at radius 3 is 2.57 bits per heavy atom. The number of aromatic nitrogens is 1. The van der Waals surface area contributed by atoms with E-state index in [9.17, 15) is 4.79 Å². The van der Waals surface area contributed by atoms with Crippen LogP contribution in [-0.2, 0) is 4.79 Å². The molecule has 2 aromatic carbocycles. The molecule has 0 atom stereocenters. The fourth-order valence-electron chi connectivity index (χ4n) is 2.08. The van der Waals surface area contributed by atoms with Crippen LogP contribution in [0.3, 0.4) is 0 Å². The van der Waals surface area contributed by atoms with Crippen LogP contribution in [-0.4, -0.2) is 10.9 Å². The summed E-state index contributed by atoms with van der Waals surface area (Å²) >= 11 is 5.03. The van der Waals surface area contributed by atoms with Crippen molar-refractivity contribution >= 4 is 49.7 Å². The average molecular weight is 388 g/mol. The van der Waals surface area contributed by atoms with Crippen molar-refractivity contribution in [3.05, 3.63) is 58.4 Å². The Morgan fingerprint density at radius 2 is 1.87 bits per heavy atom. The second-order valence-corrected chi connectivity index (χ2v) is 6.71. The molecule has 2 N–H and O–H groups in total. The smallest absolute Gasteiger partial charge is 0.221 e. The number of halogens is 1. The van der Waals surface area contributed by atoms with Gasteiger partial charge in [0, 0.05) is 33.7 Å². The van der Waals surface area contributed by atoms with Gasteiger partial charge in [-0.2, -0.15) is 0 Å². The lowest BCUT2D eigenvalue weighted by molar-refractivity contribution is -0.114. The van der Waals surface area contributed by atoms with Gasteiger partial charge in [0.2, 0.25) is 5.91 Å². The Bertz CT molecular complexity index is 830. The summed E-state index contributed by atoms with van der Waals surface area (Å²) in [4.78, 5) is 15.6. The van der Waals surface area contributed by atoms with Crippen molar-refractivity contribution in [1.82, 2.24) is 4.98 Å². The molecule has 6 heteroatoms. The average Bonchev–Trinajstić information content (AvgIpc) is 2.97. The highest BCUT2D eigenvalue weighted by molar-refractivity contribution is 9.10. The van der Waals surface area contributed by atoms with Crippen molar-refractivity contribution in [3.63, 3.8) is 0 Å². The Morgan fingerprint density at radius 1 is 1.13 bits per heavy atom. The molecule has 4 nitrogen and oxygen atoms in total. The molecule has 0 saturated heterocycles. The topological polar surface area (TPSA) is 54.0 Å². The van der Waals surface area contributed by atoms with Gasteiger partial charge in [0.1, 0.15) is 0 Å². The van der Waals surface area contributed by atoms with Gasteiger partial charge in [-0.25, -0.2) is 4.98 Å². The van der Waals surface area contributed by atoms with Gasteiger partial charge in [0.05, 0.1) is 5.69 Å². The molecule has 116 valence electrons. The molecule has 3 aromatic rings. The maximum atomic E-state index is 11.0. The Labute approximate surface area is 146 Å². The van der Waals surface area contributed by atoms with Gasteiger partial charge in [-0.3, -0.25) is 4.79 Å². The van der Waals surface area contributed by atoms with E-state index in [2.05, 4.69) is 31.5 Å². The molecule has 3 rings (SSSR count). The van der Waals surface area contributed by atoms with Crippen LogP contribution in [0.1, 0.15) is 6.92 Å². The van der Waals surface area contributed by atoms with E-state index in [0.717, 1.165) is 32.2 Å². The minimum Gasteiger partial charge on any atom is -0.332 e. The summed E-state index contributed by atoms with van der Waals surface area (Å²) < 4.78 is 1.03. The first-order valence-electron chi connectivity index (χ1n) is 6.96. The van der Waals surface area contributed by atoms with Crippen LogP contribution in [0, 0.1) is 0 Å². The predicted octanol–water partition coefficient (Wildman–Crippen LogP) is 5.27. The van der Waals surface area contributed by atoms with Crippen molar-refractivity contribution < 1.29 is 4.79 Å². The monoisotopic (exact) mass is 387 g/mol. The summed E-state index contributed by atoms with van der Waals surface area (Å²) in [7, 11) is 0. The van der Waals surface area contributed by atoms with Crippen molar-refractivity contribution in [2.24, 2.45) is 0 Å². The van der Waals surface area contributed by atoms with Crippen LogP contribution in [0.2, 0.25) is 0 Å². The largest absolute Gasteiger partial charge is 0.332 e. The van der Waals surface area contributed by atoms with E-state index < -0.39 is 0 Å². The number of hydrogen-bond acceptors (Lipinski definition) is 4. The quantitative estimate of drug-likeness (QED) is 0.640. The molecule has 0 aliphatic carbocycles. The van der Waals surface area contributed by atoms with E-state index in [1.165, 1.54) is 6.92 Å². The van der Waals surface area contributed by atoms with E-state index in [1.54, 1.807) is 11.3 Å². The number of hydrogen-bond donors (Lipinski definition) is 2. The molecular weight excluding hydrogens is 374 g/mol. The van der Waals surface area contributed by atoms with E-state index in [1.807, 2.05) is 53.9 Å². The van der Waals surface area contributed by atoms with E-state index in [4.69, 9.17) is 0 Å². The molecule has 0 fully saturated rings. The second-order valence-electron chi connectivity index (χ2n) is 4.93. The number of benzene rings is 2. The highest BCUT2D eigenvalue weighted by Gasteiger charge is 2.05. The Kier molecular flexibility index (Phi) is 4.73. The summed E-state index contributed by atoms with van der Waals surface area (Å²) in [6.45, 7) is 1.49. The first kappa shape index (κ1) is 15.7. The summed E-state index contributed by atoms with van der Waals surface area (Å²) in [6.07, 6.45) is 0. The van der Waals surface area contributed by atoms with Crippen LogP contribution in [0.4, 0.5) is 16.5 Å². The van der Waals surface area contributed by atoms with Crippen molar-refractivity contribution in [2.45, 2.75) is 6.92 Å². The van der Waals surface area contributed by atoms with Gasteiger partial charge < -0.3 is 10.6 Å². The number of carbonyl (C=O) groups excluding carboxylic acids is 1. The molecule has 0 saturated carbocycles. The third-order valence-corrected chi connectivity index (χ3v) is 4.33. The molecular formula is C17H14BrN3OS. The van der Waals surface area contributed by atoms with Gasteiger partial charge in [0.15, 0.2) is 5.13 Å². The van der Waals surface area contributed by atoms with Crippen molar-refractivity contribution in [2.75, 3.05) is 10.6 Å². The first-order chi connectivity index (χ1) is 11.1. The number of amides is 1. The van der Waals surface area contributed by atoms with Crippen LogP contribution in [0.15, 0.2) is 58.4 Å². The third-order valence-electron chi connectivity index (χ3n) is 3.08.